The fraction of sp³-hybridized carbons (Fsp3) is 0.152. The molecular formula is C33H32N2O6. The van der Waals surface area contributed by atoms with E-state index in [1.807, 2.05) is 18.2 Å². The van der Waals surface area contributed by atoms with Crippen molar-refractivity contribution in [1.82, 2.24) is 9.80 Å². The zero-order valence-electron chi connectivity index (χ0n) is 23.6. The average molecular weight is 553 g/mol. The highest BCUT2D eigenvalue weighted by molar-refractivity contribution is 5.95. The molecule has 0 spiro atoms. The second-order valence-electron chi connectivity index (χ2n) is 9.46. The standard InChI is InChI=1S/C17H17NO3.C16H15NO3/c1-18(2)17(20)13-9-7-12(8-10-13)15-6-4-5-14(11-19)16(15)21-3;1-17(2)16(20)12-8-6-11(7-9-12)14-5-3-4-13(10-18)15(14)19/h4-11H,1-3H3;3-10,19H,1-2H3. The van der Waals surface area contributed by atoms with Crippen molar-refractivity contribution in [2.24, 2.45) is 0 Å². The van der Waals surface area contributed by atoms with Crippen LogP contribution in [0, 0.1) is 0 Å². The summed E-state index contributed by atoms with van der Waals surface area (Å²) in [5.74, 6) is 0.367. The number of amides is 2. The Morgan fingerprint density at radius 2 is 1.05 bits per heavy atom. The molecule has 4 aromatic carbocycles. The number of carbonyl (C=O) groups is 4. The molecule has 210 valence electrons. The Kier molecular flexibility index (Phi) is 10.1. The highest BCUT2D eigenvalue weighted by Crippen LogP contribution is 2.33. The largest absolute Gasteiger partial charge is 0.507 e. The molecule has 0 aromatic heterocycles. The average Bonchev–Trinajstić information content (AvgIpc) is 3.00. The molecule has 0 unspecified atom stereocenters. The van der Waals surface area contributed by atoms with Crippen LogP contribution in [0.15, 0.2) is 84.9 Å². The summed E-state index contributed by atoms with van der Waals surface area (Å²) in [6.07, 6.45) is 1.38. The van der Waals surface area contributed by atoms with E-state index in [-0.39, 0.29) is 23.1 Å². The lowest BCUT2D eigenvalue weighted by molar-refractivity contribution is 0.0820. The van der Waals surface area contributed by atoms with Crippen LogP contribution in [0.5, 0.6) is 11.5 Å². The van der Waals surface area contributed by atoms with Crippen LogP contribution in [-0.2, 0) is 0 Å². The van der Waals surface area contributed by atoms with E-state index >= 15 is 0 Å². The summed E-state index contributed by atoms with van der Waals surface area (Å²) in [5, 5.41) is 10.0. The van der Waals surface area contributed by atoms with Gasteiger partial charge in [-0.05, 0) is 47.5 Å². The van der Waals surface area contributed by atoms with E-state index in [2.05, 4.69) is 0 Å². The number of carbonyl (C=O) groups excluding carboxylic acids is 4. The summed E-state index contributed by atoms with van der Waals surface area (Å²) in [5.41, 5.74) is 4.98. The van der Waals surface area contributed by atoms with Gasteiger partial charge in [-0.1, -0.05) is 48.5 Å². The number of hydrogen-bond acceptors (Lipinski definition) is 6. The molecule has 2 amide bonds. The minimum Gasteiger partial charge on any atom is -0.507 e. The van der Waals surface area contributed by atoms with E-state index in [0.29, 0.717) is 34.3 Å². The number of hydrogen-bond donors (Lipinski definition) is 1. The van der Waals surface area contributed by atoms with E-state index in [4.69, 9.17) is 4.74 Å². The highest BCUT2D eigenvalue weighted by Gasteiger charge is 2.13. The first-order valence-corrected chi connectivity index (χ1v) is 12.7. The van der Waals surface area contributed by atoms with Gasteiger partial charge < -0.3 is 19.6 Å². The summed E-state index contributed by atoms with van der Waals surface area (Å²) in [7, 11) is 8.35. The van der Waals surface area contributed by atoms with Gasteiger partial charge in [0.1, 0.15) is 11.5 Å². The molecule has 4 aromatic rings. The van der Waals surface area contributed by atoms with Crippen molar-refractivity contribution in [2.45, 2.75) is 0 Å². The molecule has 0 aliphatic rings. The smallest absolute Gasteiger partial charge is 0.253 e. The fourth-order valence-electron chi connectivity index (χ4n) is 4.09. The van der Waals surface area contributed by atoms with Crippen LogP contribution >= 0.6 is 0 Å². The topological polar surface area (TPSA) is 104 Å². The lowest BCUT2D eigenvalue weighted by atomic mass is 10.0. The van der Waals surface area contributed by atoms with Crippen molar-refractivity contribution in [1.29, 1.82) is 0 Å². The first-order chi connectivity index (χ1) is 19.6. The predicted octanol–water partition coefficient (Wildman–Crippen LogP) is 5.45. The van der Waals surface area contributed by atoms with Gasteiger partial charge in [0.25, 0.3) is 11.8 Å². The van der Waals surface area contributed by atoms with Gasteiger partial charge in [0.2, 0.25) is 0 Å². The normalized spacial score (nSPS) is 10.1. The zero-order valence-corrected chi connectivity index (χ0v) is 23.6. The fourth-order valence-corrected chi connectivity index (χ4v) is 4.09. The third-order valence-electron chi connectivity index (χ3n) is 6.27. The van der Waals surface area contributed by atoms with Crippen LogP contribution in [0.1, 0.15) is 41.4 Å². The summed E-state index contributed by atoms with van der Waals surface area (Å²) in [4.78, 5) is 48.6. The van der Waals surface area contributed by atoms with Crippen LogP contribution in [0.2, 0.25) is 0 Å². The van der Waals surface area contributed by atoms with Gasteiger partial charge in [0.15, 0.2) is 12.6 Å². The summed E-state index contributed by atoms with van der Waals surface area (Å²) in [6, 6.07) is 24.5. The lowest BCUT2D eigenvalue weighted by Gasteiger charge is -2.13. The van der Waals surface area contributed by atoms with Gasteiger partial charge in [0, 0.05) is 50.4 Å². The predicted molar refractivity (Wildman–Crippen MR) is 159 cm³/mol. The van der Waals surface area contributed by atoms with Crippen LogP contribution in [0.4, 0.5) is 0 Å². The van der Waals surface area contributed by atoms with Gasteiger partial charge in [-0.3, -0.25) is 19.2 Å². The molecule has 8 heteroatoms. The summed E-state index contributed by atoms with van der Waals surface area (Å²) < 4.78 is 5.33. The van der Waals surface area contributed by atoms with E-state index in [9.17, 15) is 24.3 Å². The molecule has 0 aliphatic carbocycles. The maximum Gasteiger partial charge on any atom is 0.253 e. The molecule has 0 radical (unpaired) electrons. The molecule has 0 heterocycles. The van der Waals surface area contributed by atoms with Crippen LogP contribution < -0.4 is 4.74 Å². The van der Waals surface area contributed by atoms with E-state index in [1.165, 1.54) is 16.9 Å². The summed E-state index contributed by atoms with van der Waals surface area (Å²) in [6.45, 7) is 0. The maximum atomic E-state index is 11.9. The molecule has 0 fully saturated rings. The Morgan fingerprint density at radius 1 is 0.634 bits per heavy atom. The molecule has 0 atom stereocenters. The molecule has 4 rings (SSSR count). The minimum atomic E-state index is -0.0811. The monoisotopic (exact) mass is 552 g/mol. The molecule has 1 N–H and O–H groups in total. The highest BCUT2D eigenvalue weighted by atomic mass is 16.5. The Morgan fingerprint density at radius 3 is 1.46 bits per heavy atom. The van der Waals surface area contributed by atoms with Crippen molar-refractivity contribution < 1.29 is 29.0 Å². The number of nitrogens with zero attached hydrogens (tertiary/aromatic N) is 2. The number of phenols is 1. The first-order valence-electron chi connectivity index (χ1n) is 12.7. The summed E-state index contributed by atoms with van der Waals surface area (Å²) >= 11 is 0. The Labute approximate surface area is 239 Å². The number of phenolic OH excluding ortho intramolecular Hbond substituents is 1. The van der Waals surface area contributed by atoms with Crippen molar-refractivity contribution in [3.05, 3.63) is 107 Å². The second kappa shape index (κ2) is 13.7. The second-order valence-corrected chi connectivity index (χ2v) is 9.46. The van der Waals surface area contributed by atoms with Gasteiger partial charge in [-0.2, -0.15) is 0 Å². The van der Waals surface area contributed by atoms with Crippen molar-refractivity contribution in [3.8, 4) is 33.8 Å². The number of aromatic hydroxyl groups is 1. The SMILES string of the molecule is CN(C)C(=O)c1ccc(-c2cccc(C=O)c2O)cc1.COc1c(C=O)cccc1-c1ccc(C(=O)N(C)C)cc1. The number of benzene rings is 4. The van der Waals surface area contributed by atoms with E-state index in [1.54, 1.807) is 94.9 Å². The zero-order chi connectivity index (χ0) is 30.1. The van der Waals surface area contributed by atoms with E-state index < -0.39 is 0 Å². The molecular weight excluding hydrogens is 520 g/mol. The van der Waals surface area contributed by atoms with Gasteiger partial charge in [-0.25, -0.2) is 0 Å². The molecule has 8 nitrogen and oxygen atoms in total. The number of rotatable bonds is 7. The van der Waals surface area contributed by atoms with Gasteiger partial charge >= 0.3 is 0 Å². The maximum absolute atomic E-state index is 11.9. The number of methoxy groups -OCH3 is 1. The van der Waals surface area contributed by atoms with Crippen molar-refractivity contribution in [3.63, 3.8) is 0 Å². The van der Waals surface area contributed by atoms with Crippen LogP contribution in [0.3, 0.4) is 0 Å². The quantitative estimate of drug-likeness (QED) is 0.306. The van der Waals surface area contributed by atoms with Gasteiger partial charge in [-0.15, -0.1) is 0 Å². The number of ether oxygens (including phenoxy) is 1. The molecule has 41 heavy (non-hydrogen) atoms. The van der Waals surface area contributed by atoms with Gasteiger partial charge in [0.05, 0.1) is 18.2 Å². The lowest BCUT2D eigenvalue weighted by Crippen LogP contribution is -2.21. The van der Waals surface area contributed by atoms with Crippen molar-refractivity contribution >= 4 is 24.4 Å². The Balaban J connectivity index is 0.000000226. The molecule has 0 aliphatic heterocycles. The third-order valence-corrected chi connectivity index (χ3v) is 6.27. The molecule has 0 saturated carbocycles. The van der Waals surface area contributed by atoms with E-state index in [0.717, 1.165) is 23.0 Å². The third kappa shape index (κ3) is 7.05. The number of aldehydes is 2. The van der Waals surface area contributed by atoms with Crippen molar-refractivity contribution in [2.75, 3.05) is 35.3 Å². The first kappa shape index (κ1) is 30.3. The Bertz CT molecular complexity index is 1540. The minimum absolute atomic E-state index is 0.0462. The van der Waals surface area contributed by atoms with Crippen LogP contribution in [-0.4, -0.2) is 74.6 Å². The Hall–Kier alpha value is -5.24. The molecule has 0 bridgehead atoms. The number of para-hydroxylation sites is 2. The molecule has 0 saturated heterocycles. The van der Waals surface area contributed by atoms with Crippen LogP contribution in [0.25, 0.3) is 22.3 Å².